The average molecular weight is 309 g/mol. The molecule has 0 saturated heterocycles. The van der Waals surface area contributed by atoms with Gasteiger partial charge < -0.3 is 21.5 Å². The average Bonchev–Trinajstić information content (AvgIpc) is 1.82. The predicted octanol–water partition coefficient (Wildman–Crippen LogP) is -0.341. The van der Waals surface area contributed by atoms with Crippen LogP contribution in [0.5, 0.6) is 0 Å². The van der Waals surface area contributed by atoms with Crippen LogP contribution in [-0.4, -0.2) is 25.6 Å². The fourth-order valence-electron chi connectivity index (χ4n) is 1.18. The van der Waals surface area contributed by atoms with E-state index in [-0.39, 0.29) is 17.0 Å². The molecule has 74 valence electrons. The fraction of sp³-hybridized carbons (Fsp3) is 0.400. The lowest BCUT2D eigenvalue weighted by Crippen LogP contribution is -3.00. The maximum atomic E-state index is 3.46. The first-order chi connectivity index (χ1) is 5.47. The minimum absolute atomic E-state index is 0. The van der Waals surface area contributed by atoms with E-state index in [1.54, 1.807) is 0 Å². The summed E-state index contributed by atoms with van der Waals surface area (Å²) in [5, 5.41) is 0. The second kappa shape index (κ2) is 5.13. The predicted molar refractivity (Wildman–Crippen MR) is 55.9 cm³/mol. The molecule has 0 radical (unpaired) electrons. The Labute approximate surface area is 99.2 Å². The first kappa shape index (κ1) is 13.1. The molecule has 0 heterocycles. The molecule has 0 aliphatic heterocycles. The molecule has 3 heteroatoms. The van der Waals surface area contributed by atoms with Gasteiger partial charge in [-0.05, 0) is 12.1 Å². The fourth-order valence-corrected chi connectivity index (χ4v) is 1.63. The van der Waals surface area contributed by atoms with Crippen molar-refractivity contribution >= 4 is 15.9 Å². The van der Waals surface area contributed by atoms with E-state index in [1.807, 2.05) is 0 Å². The van der Waals surface area contributed by atoms with Crippen molar-refractivity contribution in [3.8, 4) is 0 Å². The number of nitrogens with zero attached hydrogens (tertiary/aromatic N) is 1. The van der Waals surface area contributed by atoms with Gasteiger partial charge in [-0.3, -0.25) is 0 Å². The smallest absolute Gasteiger partial charge is 0.104 e. The molecule has 0 spiro atoms. The topological polar surface area (TPSA) is 0 Å². The molecular weight excluding hydrogens is 294 g/mol. The molecular formula is C10H15Br2N. The van der Waals surface area contributed by atoms with Crippen molar-refractivity contribution in [3.63, 3.8) is 0 Å². The van der Waals surface area contributed by atoms with Gasteiger partial charge in [0.15, 0.2) is 0 Å². The number of hydrogen-bond donors (Lipinski definition) is 0. The summed E-state index contributed by atoms with van der Waals surface area (Å²) in [4.78, 5) is 0. The molecule has 0 N–H and O–H groups in total. The van der Waals surface area contributed by atoms with Gasteiger partial charge in [0.2, 0.25) is 0 Å². The van der Waals surface area contributed by atoms with Gasteiger partial charge in [0.1, 0.15) is 6.54 Å². The number of halogens is 2. The van der Waals surface area contributed by atoms with E-state index in [0.29, 0.717) is 0 Å². The summed E-state index contributed by atoms with van der Waals surface area (Å²) < 4.78 is 2.13. The van der Waals surface area contributed by atoms with Crippen LogP contribution in [0, 0.1) is 0 Å². The Balaban J connectivity index is 0.00000144. The quantitative estimate of drug-likeness (QED) is 0.656. The minimum Gasteiger partial charge on any atom is -1.00 e. The molecule has 1 aromatic carbocycles. The maximum absolute atomic E-state index is 3.46. The van der Waals surface area contributed by atoms with Crippen molar-refractivity contribution in [1.82, 2.24) is 0 Å². The molecule has 1 nitrogen and oxygen atoms in total. The minimum atomic E-state index is 0. The Morgan fingerprint density at radius 2 is 1.85 bits per heavy atom. The van der Waals surface area contributed by atoms with Crippen molar-refractivity contribution in [2.75, 3.05) is 21.1 Å². The van der Waals surface area contributed by atoms with E-state index in [4.69, 9.17) is 0 Å². The van der Waals surface area contributed by atoms with E-state index in [0.717, 1.165) is 15.5 Å². The lowest BCUT2D eigenvalue weighted by atomic mass is 10.2. The Morgan fingerprint density at radius 1 is 1.23 bits per heavy atom. The molecule has 0 aliphatic carbocycles. The lowest BCUT2D eigenvalue weighted by Gasteiger charge is -2.23. The molecule has 13 heavy (non-hydrogen) atoms. The summed E-state index contributed by atoms with van der Waals surface area (Å²) in [7, 11) is 6.59. The summed E-state index contributed by atoms with van der Waals surface area (Å²) in [5.41, 5.74) is 1.37. The first-order valence-electron chi connectivity index (χ1n) is 4.02. The van der Waals surface area contributed by atoms with Gasteiger partial charge in [-0.25, -0.2) is 0 Å². The maximum Gasteiger partial charge on any atom is 0.104 e. The number of quaternary nitrogens is 1. The van der Waals surface area contributed by atoms with Crippen LogP contribution in [0.3, 0.4) is 0 Å². The van der Waals surface area contributed by atoms with Gasteiger partial charge in [-0.1, -0.05) is 28.1 Å². The highest BCUT2D eigenvalue weighted by Crippen LogP contribution is 2.13. The molecule has 0 atom stereocenters. The second-order valence-electron chi connectivity index (χ2n) is 4.08. The zero-order valence-corrected chi connectivity index (χ0v) is 11.4. The monoisotopic (exact) mass is 307 g/mol. The summed E-state index contributed by atoms with van der Waals surface area (Å²) in [5.74, 6) is 0. The van der Waals surface area contributed by atoms with E-state index < -0.39 is 0 Å². The number of hydrogen-bond acceptors (Lipinski definition) is 0. The van der Waals surface area contributed by atoms with Crippen LogP contribution in [0.15, 0.2) is 28.7 Å². The van der Waals surface area contributed by atoms with Crippen molar-refractivity contribution in [3.05, 3.63) is 34.3 Å². The van der Waals surface area contributed by atoms with Crippen LogP contribution in [0.25, 0.3) is 0 Å². The zero-order valence-electron chi connectivity index (χ0n) is 8.22. The van der Waals surface area contributed by atoms with E-state index in [1.165, 1.54) is 5.56 Å². The standard InChI is InChI=1S/C10H15BrN.BrH/c1-12(2,3)8-9-5-4-6-10(11)7-9;/h4-7H,8H2,1-3H3;1H/q+1;/p-1. The summed E-state index contributed by atoms with van der Waals surface area (Å²) in [6.45, 7) is 1.07. The largest absolute Gasteiger partial charge is 1.00 e. The molecule has 1 rings (SSSR count). The Morgan fingerprint density at radius 3 is 2.31 bits per heavy atom. The van der Waals surface area contributed by atoms with Gasteiger partial charge in [0, 0.05) is 10.0 Å². The molecule has 0 unspecified atom stereocenters. The van der Waals surface area contributed by atoms with Crippen LogP contribution >= 0.6 is 15.9 Å². The van der Waals surface area contributed by atoms with E-state index >= 15 is 0 Å². The molecule has 0 fully saturated rings. The Hall–Kier alpha value is 0.140. The van der Waals surface area contributed by atoms with Crippen LogP contribution in [0.4, 0.5) is 0 Å². The Bertz CT molecular complexity index is 266. The number of rotatable bonds is 2. The first-order valence-corrected chi connectivity index (χ1v) is 4.81. The highest BCUT2D eigenvalue weighted by atomic mass is 79.9. The van der Waals surface area contributed by atoms with Gasteiger partial charge >= 0.3 is 0 Å². The third-order valence-electron chi connectivity index (χ3n) is 1.55. The van der Waals surface area contributed by atoms with Crippen LogP contribution in [0.2, 0.25) is 0 Å². The molecule has 0 saturated carbocycles. The van der Waals surface area contributed by atoms with Gasteiger partial charge in [-0.2, -0.15) is 0 Å². The van der Waals surface area contributed by atoms with E-state index in [9.17, 15) is 0 Å². The van der Waals surface area contributed by atoms with Crippen LogP contribution in [-0.2, 0) is 6.54 Å². The molecule has 1 aromatic rings. The summed E-state index contributed by atoms with van der Waals surface area (Å²) in [6, 6.07) is 8.46. The lowest BCUT2D eigenvalue weighted by molar-refractivity contribution is -0.884. The Kier molecular flexibility index (Phi) is 5.18. The molecule has 0 amide bonds. The van der Waals surface area contributed by atoms with Gasteiger partial charge in [0.25, 0.3) is 0 Å². The second-order valence-corrected chi connectivity index (χ2v) is 4.99. The third-order valence-corrected chi connectivity index (χ3v) is 2.04. The zero-order chi connectivity index (χ0) is 9.19. The SMILES string of the molecule is C[N+](C)(C)Cc1cccc(Br)c1.[Br-]. The van der Waals surface area contributed by atoms with Crippen LogP contribution in [0.1, 0.15) is 5.56 Å². The molecule has 0 aromatic heterocycles. The molecule has 0 aliphatic rings. The summed E-state index contributed by atoms with van der Waals surface area (Å²) in [6.07, 6.45) is 0. The molecule has 0 bridgehead atoms. The normalized spacial score (nSPS) is 10.8. The van der Waals surface area contributed by atoms with Crippen molar-refractivity contribution in [2.45, 2.75) is 6.54 Å². The van der Waals surface area contributed by atoms with E-state index in [2.05, 4.69) is 61.3 Å². The summed E-state index contributed by atoms with van der Waals surface area (Å²) >= 11 is 3.46. The third kappa shape index (κ3) is 5.45. The number of benzene rings is 1. The van der Waals surface area contributed by atoms with Crippen molar-refractivity contribution < 1.29 is 21.5 Å². The van der Waals surface area contributed by atoms with Gasteiger partial charge in [-0.15, -0.1) is 0 Å². The van der Waals surface area contributed by atoms with Crippen LogP contribution < -0.4 is 17.0 Å². The highest BCUT2D eigenvalue weighted by Gasteiger charge is 2.07. The highest BCUT2D eigenvalue weighted by molar-refractivity contribution is 9.10. The van der Waals surface area contributed by atoms with Crippen molar-refractivity contribution in [1.29, 1.82) is 0 Å². The van der Waals surface area contributed by atoms with Gasteiger partial charge in [0.05, 0.1) is 21.1 Å². The van der Waals surface area contributed by atoms with Crippen molar-refractivity contribution in [2.24, 2.45) is 0 Å².